The average molecular weight is 846 g/mol. The molecule has 4 aromatic heterocycles. The molecular formula is C59H35N5O2. The van der Waals surface area contributed by atoms with E-state index in [0.29, 0.717) is 0 Å². The van der Waals surface area contributed by atoms with Crippen molar-refractivity contribution in [1.29, 1.82) is 0 Å². The van der Waals surface area contributed by atoms with Gasteiger partial charge in [-0.15, -0.1) is 0 Å². The van der Waals surface area contributed by atoms with E-state index in [1.54, 1.807) is 0 Å². The molecule has 2 aliphatic heterocycles. The standard InChI is InChI=1S/C59H35N5O2/c1-5-19-47-39(14-1)40-15-2-6-20-48(40)64(47)38-33-46-58(61-35-38)57-45(18-13-31-60-57)59(46)43-17-4-10-24-53(43)65-56-34-37(27-29-44(56)59)62-49-21-7-3-16-41(49)42-32-36(28-30-50(42)62)63-51-22-8-11-25-54(51)66-55-26-12-9-23-52(55)63/h1-35H. The number of rotatable bonds is 3. The number of aromatic nitrogens is 4. The smallest absolute Gasteiger partial charge is 0.151 e. The van der Waals surface area contributed by atoms with Gasteiger partial charge in [-0.2, -0.15) is 0 Å². The van der Waals surface area contributed by atoms with Crippen LogP contribution in [-0.2, 0) is 5.41 Å². The van der Waals surface area contributed by atoms with Crippen molar-refractivity contribution in [3.05, 3.63) is 235 Å². The van der Waals surface area contributed by atoms with Crippen LogP contribution in [0.1, 0.15) is 22.3 Å². The van der Waals surface area contributed by atoms with E-state index in [2.05, 4.69) is 184 Å². The predicted molar refractivity (Wildman–Crippen MR) is 263 cm³/mol. The lowest BCUT2D eigenvalue weighted by molar-refractivity contribution is 0.436. The SMILES string of the molecule is c1ccc2c(c1)Oc1ccccc1N2c1ccc2c(c1)c1ccccc1n2-c1ccc2c(c1)Oc1ccccc1C21c2cccnc2-c2ncc(-n3c4ccccc4c4ccccc43)cc21. The van der Waals surface area contributed by atoms with Crippen molar-refractivity contribution < 1.29 is 9.47 Å². The number of pyridine rings is 2. The normalized spacial score (nSPS) is 15.2. The van der Waals surface area contributed by atoms with Gasteiger partial charge in [-0.05, 0) is 90.5 Å². The van der Waals surface area contributed by atoms with Crippen molar-refractivity contribution in [3.8, 4) is 45.8 Å². The zero-order valence-corrected chi connectivity index (χ0v) is 35.3. The van der Waals surface area contributed by atoms with Gasteiger partial charge in [0.25, 0.3) is 0 Å². The third-order valence-corrected chi connectivity index (χ3v) is 14.0. The maximum atomic E-state index is 7.06. The van der Waals surface area contributed by atoms with Crippen LogP contribution in [0.3, 0.4) is 0 Å². The summed E-state index contributed by atoms with van der Waals surface area (Å²) in [6.07, 6.45) is 3.89. The summed E-state index contributed by atoms with van der Waals surface area (Å²) >= 11 is 0. The summed E-state index contributed by atoms with van der Waals surface area (Å²) in [5.41, 5.74) is 14.8. The lowest BCUT2D eigenvalue weighted by atomic mass is 9.66. The van der Waals surface area contributed by atoms with Gasteiger partial charge in [-0.3, -0.25) is 9.97 Å². The summed E-state index contributed by atoms with van der Waals surface area (Å²) in [4.78, 5) is 12.7. The maximum Gasteiger partial charge on any atom is 0.151 e. The van der Waals surface area contributed by atoms with Gasteiger partial charge in [0.1, 0.15) is 11.5 Å². The van der Waals surface area contributed by atoms with Crippen molar-refractivity contribution in [1.82, 2.24) is 19.1 Å². The molecule has 7 nitrogen and oxygen atoms in total. The largest absolute Gasteiger partial charge is 0.457 e. The Bertz CT molecular complexity index is 3950. The van der Waals surface area contributed by atoms with E-state index in [1.165, 1.54) is 10.8 Å². The zero-order chi connectivity index (χ0) is 43.1. The summed E-state index contributed by atoms with van der Waals surface area (Å²) in [5.74, 6) is 3.26. The van der Waals surface area contributed by atoms with Crippen LogP contribution in [0.4, 0.5) is 17.1 Å². The molecule has 0 fully saturated rings. The molecule has 66 heavy (non-hydrogen) atoms. The molecule has 0 radical (unpaired) electrons. The highest BCUT2D eigenvalue weighted by Gasteiger charge is 2.52. The van der Waals surface area contributed by atoms with Crippen molar-refractivity contribution in [2.45, 2.75) is 5.41 Å². The lowest BCUT2D eigenvalue weighted by Crippen LogP contribution is -2.32. The van der Waals surface area contributed by atoms with Crippen molar-refractivity contribution in [2.24, 2.45) is 0 Å². The number of ether oxygens (including phenoxy) is 2. The Labute approximate surface area is 378 Å². The number of nitrogens with zero attached hydrogens (tertiary/aromatic N) is 5. The molecule has 3 aliphatic rings. The van der Waals surface area contributed by atoms with E-state index in [4.69, 9.17) is 19.4 Å². The second-order valence-electron chi connectivity index (χ2n) is 17.3. The molecule has 12 aromatic rings. The molecule has 0 saturated carbocycles. The van der Waals surface area contributed by atoms with Crippen LogP contribution in [0.15, 0.2) is 213 Å². The Morgan fingerprint density at radius 2 is 0.879 bits per heavy atom. The van der Waals surface area contributed by atoms with Crippen LogP contribution in [0.2, 0.25) is 0 Å². The van der Waals surface area contributed by atoms with Crippen molar-refractivity contribution in [2.75, 3.05) is 4.90 Å². The molecule has 0 amide bonds. The molecule has 1 spiro atoms. The molecule has 0 saturated heterocycles. The van der Waals surface area contributed by atoms with Crippen LogP contribution in [0.25, 0.3) is 66.4 Å². The van der Waals surface area contributed by atoms with E-state index in [9.17, 15) is 0 Å². The molecule has 15 rings (SSSR count). The zero-order valence-electron chi connectivity index (χ0n) is 35.3. The van der Waals surface area contributed by atoms with Gasteiger partial charge in [-0.25, -0.2) is 0 Å². The Kier molecular flexibility index (Phi) is 7.03. The number of benzene rings is 8. The molecule has 7 heteroatoms. The molecular weight excluding hydrogens is 811 g/mol. The second kappa shape index (κ2) is 13.1. The fraction of sp³-hybridized carbons (Fsp3) is 0.0169. The number of anilines is 3. The molecule has 0 N–H and O–H groups in total. The molecule has 308 valence electrons. The second-order valence-corrected chi connectivity index (χ2v) is 17.3. The van der Waals surface area contributed by atoms with Crippen LogP contribution in [0.5, 0.6) is 23.0 Å². The predicted octanol–water partition coefficient (Wildman–Crippen LogP) is 14.7. The average Bonchev–Trinajstić information content (AvgIpc) is 3.99. The molecule has 0 bridgehead atoms. The molecule has 1 atom stereocenters. The van der Waals surface area contributed by atoms with Gasteiger partial charge in [0, 0.05) is 61.9 Å². The highest BCUT2D eigenvalue weighted by atomic mass is 16.5. The maximum absolute atomic E-state index is 7.06. The topological polar surface area (TPSA) is 57.3 Å². The van der Waals surface area contributed by atoms with Gasteiger partial charge >= 0.3 is 0 Å². The lowest BCUT2D eigenvalue weighted by Gasteiger charge is -2.39. The van der Waals surface area contributed by atoms with E-state index in [-0.39, 0.29) is 0 Å². The minimum absolute atomic E-state index is 0.760. The summed E-state index contributed by atoms with van der Waals surface area (Å²) in [6, 6.07) is 71.0. The van der Waals surface area contributed by atoms with Crippen LogP contribution in [-0.4, -0.2) is 19.1 Å². The molecule has 6 heterocycles. The Morgan fingerprint density at radius 3 is 1.61 bits per heavy atom. The van der Waals surface area contributed by atoms with E-state index >= 15 is 0 Å². The number of para-hydroxylation sites is 8. The van der Waals surface area contributed by atoms with E-state index < -0.39 is 5.41 Å². The van der Waals surface area contributed by atoms with Crippen LogP contribution in [0, 0.1) is 0 Å². The van der Waals surface area contributed by atoms with Gasteiger partial charge in [0.05, 0.1) is 62.1 Å². The van der Waals surface area contributed by atoms with Crippen LogP contribution < -0.4 is 14.4 Å². The van der Waals surface area contributed by atoms with Crippen molar-refractivity contribution >= 4 is 60.7 Å². The first kappa shape index (κ1) is 35.5. The fourth-order valence-electron chi connectivity index (χ4n) is 11.4. The number of fused-ring (bicyclic) bond motifs is 17. The minimum atomic E-state index is -0.760. The number of hydrogen-bond donors (Lipinski definition) is 0. The summed E-state index contributed by atoms with van der Waals surface area (Å²) in [7, 11) is 0. The van der Waals surface area contributed by atoms with Gasteiger partial charge in [-0.1, -0.05) is 109 Å². The molecule has 1 unspecified atom stereocenters. The van der Waals surface area contributed by atoms with Crippen LogP contribution >= 0.6 is 0 Å². The van der Waals surface area contributed by atoms with E-state index in [0.717, 1.165) is 118 Å². The van der Waals surface area contributed by atoms with Gasteiger partial charge < -0.3 is 23.5 Å². The van der Waals surface area contributed by atoms with Gasteiger partial charge in [0.2, 0.25) is 0 Å². The number of hydrogen-bond acceptors (Lipinski definition) is 5. The molecule has 1 aliphatic carbocycles. The highest BCUT2D eigenvalue weighted by Crippen LogP contribution is 2.62. The first-order chi connectivity index (χ1) is 32.7. The third-order valence-electron chi connectivity index (χ3n) is 14.0. The Morgan fingerprint density at radius 1 is 0.348 bits per heavy atom. The Hall–Kier alpha value is -8.94. The summed E-state index contributed by atoms with van der Waals surface area (Å²) in [6.45, 7) is 0. The van der Waals surface area contributed by atoms with Crippen molar-refractivity contribution in [3.63, 3.8) is 0 Å². The summed E-state index contributed by atoms with van der Waals surface area (Å²) in [5, 5.41) is 4.73. The fourth-order valence-corrected chi connectivity index (χ4v) is 11.4. The Balaban J connectivity index is 0.947. The monoisotopic (exact) mass is 845 g/mol. The first-order valence-corrected chi connectivity index (χ1v) is 22.3. The minimum Gasteiger partial charge on any atom is -0.457 e. The summed E-state index contributed by atoms with van der Waals surface area (Å²) < 4.78 is 18.2. The first-order valence-electron chi connectivity index (χ1n) is 22.3. The highest BCUT2D eigenvalue weighted by molar-refractivity contribution is 6.11. The van der Waals surface area contributed by atoms with E-state index in [1.807, 2.05) is 42.7 Å². The third kappa shape index (κ3) is 4.60. The van der Waals surface area contributed by atoms with Gasteiger partial charge in [0.15, 0.2) is 11.5 Å². The quantitative estimate of drug-likeness (QED) is 0.177. The molecule has 8 aromatic carbocycles.